The van der Waals surface area contributed by atoms with Crippen LogP contribution in [0.25, 0.3) is 5.65 Å². The van der Waals surface area contributed by atoms with Crippen LogP contribution < -0.4 is 0 Å². The summed E-state index contributed by atoms with van der Waals surface area (Å²) in [7, 11) is 0. The van der Waals surface area contributed by atoms with Crippen molar-refractivity contribution in [1.82, 2.24) is 24.3 Å². The van der Waals surface area contributed by atoms with Gasteiger partial charge < -0.3 is 9.30 Å². The van der Waals surface area contributed by atoms with E-state index in [4.69, 9.17) is 4.98 Å². The van der Waals surface area contributed by atoms with Gasteiger partial charge in [-0.1, -0.05) is 6.92 Å². The molecule has 1 saturated heterocycles. The first-order chi connectivity index (χ1) is 11.8. The molecule has 4 rings (SSSR count). The molecule has 1 atom stereocenters. The van der Waals surface area contributed by atoms with E-state index in [1.807, 2.05) is 15.5 Å². The van der Waals surface area contributed by atoms with Gasteiger partial charge in [-0.3, -0.25) is 4.79 Å². The van der Waals surface area contributed by atoms with Crippen molar-refractivity contribution in [3.63, 3.8) is 0 Å². The first-order valence-corrected chi connectivity index (χ1v) is 9.15. The maximum absolute atomic E-state index is 12.9. The smallest absolute Gasteiger partial charge is 0.276 e. The van der Waals surface area contributed by atoms with Gasteiger partial charge in [0.05, 0.1) is 10.7 Å². The van der Waals surface area contributed by atoms with Gasteiger partial charge in [0.2, 0.25) is 0 Å². The van der Waals surface area contributed by atoms with Gasteiger partial charge in [0.1, 0.15) is 0 Å². The van der Waals surface area contributed by atoms with Gasteiger partial charge in [0.15, 0.2) is 11.3 Å². The lowest BCUT2D eigenvalue weighted by molar-refractivity contribution is 0.0702. The molecule has 3 aromatic heterocycles. The van der Waals surface area contributed by atoms with E-state index in [-0.39, 0.29) is 5.91 Å². The molecule has 0 bridgehead atoms. The SMILES string of the molecule is CCc1csc(C2CCCN(C(=O)c3nccn4ccnc34)C2)n1. The number of fused-ring (bicyclic) bond motifs is 1. The zero-order valence-electron chi connectivity index (χ0n) is 13.6. The van der Waals surface area contributed by atoms with Crippen LogP contribution >= 0.6 is 11.3 Å². The third kappa shape index (κ3) is 2.69. The molecule has 7 heteroatoms. The summed E-state index contributed by atoms with van der Waals surface area (Å²) in [6.45, 7) is 3.59. The Morgan fingerprint density at radius 3 is 2.96 bits per heavy atom. The predicted octanol–water partition coefficient (Wildman–Crippen LogP) is 2.77. The van der Waals surface area contributed by atoms with Crippen LogP contribution in [0.1, 0.15) is 46.9 Å². The molecule has 0 radical (unpaired) electrons. The third-order valence-corrected chi connectivity index (χ3v) is 5.56. The fourth-order valence-electron chi connectivity index (χ4n) is 3.19. The Morgan fingerprint density at radius 1 is 1.33 bits per heavy atom. The highest BCUT2D eigenvalue weighted by Gasteiger charge is 2.29. The second-order valence-corrected chi connectivity index (χ2v) is 6.94. The molecule has 0 saturated carbocycles. The molecule has 1 unspecified atom stereocenters. The highest BCUT2D eigenvalue weighted by molar-refractivity contribution is 7.09. The Labute approximate surface area is 144 Å². The zero-order valence-corrected chi connectivity index (χ0v) is 14.4. The minimum atomic E-state index is -0.0382. The van der Waals surface area contributed by atoms with Crippen LogP contribution in [0.3, 0.4) is 0 Å². The first kappa shape index (κ1) is 15.3. The molecule has 1 amide bonds. The van der Waals surface area contributed by atoms with E-state index in [1.54, 1.807) is 29.9 Å². The Morgan fingerprint density at radius 2 is 2.17 bits per heavy atom. The number of thiazole rings is 1. The Kier molecular flexibility index (Phi) is 4.02. The van der Waals surface area contributed by atoms with E-state index in [9.17, 15) is 4.79 Å². The summed E-state index contributed by atoms with van der Waals surface area (Å²) in [5, 5.41) is 3.28. The minimum Gasteiger partial charge on any atom is -0.336 e. The largest absolute Gasteiger partial charge is 0.336 e. The molecule has 1 aliphatic heterocycles. The molecular weight excluding hydrogens is 322 g/mol. The molecule has 3 aromatic rings. The number of imidazole rings is 1. The van der Waals surface area contributed by atoms with E-state index in [0.29, 0.717) is 23.8 Å². The van der Waals surface area contributed by atoms with Crippen molar-refractivity contribution in [2.75, 3.05) is 13.1 Å². The molecule has 0 aliphatic carbocycles. The molecule has 1 aliphatic rings. The van der Waals surface area contributed by atoms with Gasteiger partial charge in [0, 0.05) is 49.2 Å². The van der Waals surface area contributed by atoms with E-state index in [0.717, 1.165) is 36.5 Å². The average Bonchev–Trinajstić information content (AvgIpc) is 3.30. The molecule has 6 nitrogen and oxygen atoms in total. The van der Waals surface area contributed by atoms with Gasteiger partial charge in [-0.2, -0.15) is 0 Å². The number of nitrogens with zero attached hydrogens (tertiary/aromatic N) is 5. The molecule has 0 spiro atoms. The number of hydrogen-bond donors (Lipinski definition) is 0. The summed E-state index contributed by atoms with van der Waals surface area (Å²) in [5.41, 5.74) is 2.19. The van der Waals surface area contributed by atoms with Crippen molar-refractivity contribution in [3.05, 3.63) is 46.6 Å². The number of rotatable bonds is 3. The molecule has 1 fully saturated rings. The molecule has 4 heterocycles. The monoisotopic (exact) mass is 341 g/mol. The van der Waals surface area contributed by atoms with Crippen LogP contribution in [0, 0.1) is 0 Å². The number of amides is 1. The van der Waals surface area contributed by atoms with E-state index >= 15 is 0 Å². The van der Waals surface area contributed by atoms with Gasteiger partial charge in [-0.15, -0.1) is 11.3 Å². The van der Waals surface area contributed by atoms with Crippen molar-refractivity contribution in [2.24, 2.45) is 0 Å². The molecule has 0 N–H and O–H groups in total. The second kappa shape index (κ2) is 6.32. The van der Waals surface area contributed by atoms with Crippen LogP contribution in [0.2, 0.25) is 0 Å². The number of aryl methyl sites for hydroxylation is 1. The normalized spacial score (nSPS) is 18.2. The number of hydrogen-bond acceptors (Lipinski definition) is 5. The van der Waals surface area contributed by atoms with Crippen LogP contribution in [-0.4, -0.2) is 43.2 Å². The lowest BCUT2D eigenvalue weighted by atomic mass is 9.98. The van der Waals surface area contributed by atoms with Gasteiger partial charge in [-0.25, -0.2) is 15.0 Å². The lowest BCUT2D eigenvalue weighted by Crippen LogP contribution is -2.39. The maximum Gasteiger partial charge on any atom is 0.276 e. The Bertz CT molecular complexity index is 871. The number of likely N-dealkylation sites (tertiary alicyclic amines) is 1. The average molecular weight is 341 g/mol. The predicted molar refractivity (Wildman–Crippen MR) is 92.4 cm³/mol. The second-order valence-electron chi connectivity index (χ2n) is 6.05. The maximum atomic E-state index is 12.9. The fourth-order valence-corrected chi connectivity index (χ4v) is 4.22. The summed E-state index contributed by atoms with van der Waals surface area (Å²) in [4.78, 5) is 28.1. The van der Waals surface area contributed by atoms with E-state index in [1.165, 1.54) is 0 Å². The van der Waals surface area contributed by atoms with Crippen molar-refractivity contribution in [2.45, 2.75) is 32.1 Å². The highest BCUT2D eigenvalue weighted by atomic mass is 32.1. The molecular formula is C17H19N5OS. The van der Waals surface area contributed by atoms with Gasteiger partial charge in [0.25, 0.3) is 5.91 Å². The van der Waals surface area contributed by atoms with Gasteiger partial charge in [-0.05, 0) is 19.3 Å². The third-order valence-electron chi connectivity index (χ3n) is 4.50. The van der Waals surface area contributed by atoms with Crippen LogP contribution in [0.4, 0.5) is 0 Å². The Balaban J connectivity index is 1.57. The highest BCUT2D eigenvalue weighted by Crippen LogP contribution is 2.30. The number of piperidine rings is 1. The van der Waals surface area contributed by atoms with Crippen molar-refractivity contribution in [1.29, 1.82) is 0 Å². The fraction of sp³-hybridized carbons (Fsp3) is 0.412. The molecule has 24 heavy (non-hydrogen) atoms. The zero-order chi connectivity index (χ0) is 16.5. The van der Waals surface area contributed by atoms with Crippen molar-refractivity contribution < 1.29 is 4.79 Å². The van der Waals surface area contributed by atoms with Crippen LogP contribution in [0.5, 0.6) is 0 Å². The number of carbonyl (C=O) groups is 1. The Hall–Kier alpha value is -2.28. The number of aromatic nitrogens is 4. The summed E-state index contributed by atoms with van der Waals surface area (Å²) in [6, 6.07) is 0. The first-order valence-electron chi connectivity index (χ1n) is 8.27. The summed E-state index contributed by atoms with van der Waals surface area (Å²) >= 11 is 1.71. The molecule has 0 aromatic carbocycles. The summed E-state index contributed by atoms with van der Waals surface area (Å²) < 4.78 is 1.83. The van der Waals surface area contributed by atoms with Crippen molar-refractivity contribution in [3.8, 4) is 0 Å². The van der Waals surface area contributed by atoms with E-state index < -0.39 is 0 Å². The quantitative estimate of drug-likeness (QED) is 0.735. The minimum absolute atomic E-state index is 0.0382. The van der Waals surface area contributed by atoms with E-state index in [2.05, 4.69) is 22.3 Å². The topological polar surface area (TPSA) is 63.4 Å². The van der Waals surface area contributed by atoms with Crippen molar-refractivity contribution >= 4 is 22.9 Å². The summed E-state index contributed by atoms with van der Waals surface area (Å²) in [5.74, 6) is 0.288. The van der Waals surface area contributed by atoms with Crippen LogP contribution in [-0.2, 0) is 6.42 Å². The van der Waals surface area contributed by atoms with Crippen LogP contribution in [0.15, 0.2) is 30.2 Å². The summed E-state index contributed by atoms with van der Waals surface area (Å²) in [6.07, 6.45) is 10.0. The number of carbonyl (C=O) groups excluding carboxylic acids is 1. The molecule has 124 valence electrons. The standard InChI is InChI=1S/C17H19N5OS/c1-2-13-11-24-16(20-13)12-4-3-7-22(10-12)17(23)14-15-19-6-9-21(15)8-5-18-14/h5-6,8-9,11-12H,2-4,7,10H2,1H3. The van der Waals surface area contributed by atoms with Gasteiger partial charge >= 0.3 is 0 Å². The lowest BCUT2D eigenvalue weighted by Gasteiger charge is -2.31.